The molecule has 2 aromatic heterocycles. The van der Waals surface area contributed by atoms with Crippen molar-refractivity contribution in [3.8, 4) is 10.6 Å². The third-order valence-electron chi connectivity index (χ3n) is 2.86. The quantitative estimate of drug-likeness (QED) is 0.893. The largest absolute Gasteiger partial charge is 0.309 e. The summed E-state index contributed by atoms with van der Waals surface area (Å²) in [5, 5.41) is 11.0. The van der Waals surface area contributed by atoms with Crippen LogP contribution >= 0.6 is 27.3 Å². The van der Waals surface area contributed by atoms with Crippen LogP contribution in [0, 0.1) is 0 Å². The second-order valence-electron chi connectivity index (χ2n) is 3.96. The highest BCUT2D eigenvalue weighted by Gasteiger charge is 2.18. The summed E-state index contributed by atoms with van der Waals surface area (Å²) >= 11 is 5.18. The predicted molar refractivity (Wildman–Crippen MR) is 69.6 cm³/mol. The Morgan fingerprint density at radius 3 is 3.06 bits per heavy atom. The third-order valence-corrected chi connectivity index (χ3v) is 4.51. The van der Waals surface area contributed by atoms with Crippen LogP contribution in [0.1, 0.15) is 24.6 Å². The zero-order valence-corrected chi connectivity index (χ0v) is 11.1. The van der Waals surface area contributed by atoms with E-state index in [0.29, 0.717) is 6.04 Å². The molecule has 3 rings (SSSR count). The van der Waals surface area contributed by atoms with Gasteiger partial charge in [0.25, 0.3) is 0 Å². The zero-order valence-electron chi connectivity index (χ0n) is 8.66. The van der Waals surface area contributed by atoms with E-state index in [1.165, 1.54) is 23.4 Å². The molecule has 5 heteroatoms. The van der Waals surface area contributed by atoms with Gasteiger partial charge < -0.3 is 5.32 Å². The summed E-state index contributed by atoms with van der Waals surface area (Å²) < 4.78 is 1.14. The lowest BCUT2D eigenvalue weighted by atomic mass is 10.1. The maximum Gasteiger partial charge on any atom is 0.102 e. The fourth-order valence-electron chi connectivity index (χ4n) is 2.04. The molecule has 16 heavy (non-hydrogen) atoms. The number of hydrogen-bond acceptors (Lipinski definition) is 3. The Bertz CT molecular complexity index is 485. The number of nitrogens with zero attached hydrogens (tertiary/aromatic N) is 1. The minimum Gasteiger partial charge on any atom is -0.309 e. The van der Waals surface area contributed by atoms with E-state index in [-0.39, 0.29) is 0 Å². The van der Waals surface area contributed by atoms with Crippen molar-refractivity contribution in [3.63, 3.8) is 0 Å². The van der Waals surface area contributed by atoms with Gasteiger partial charge in [-0.15, -0.1) is 11.3 Å². The van der Waals surface area contributed by atoms with Crippen LogP contribution in [0.3, 0.4) is 0 Å². The van der Waals surface area contributed by atoms with Gasteiger partial charge >= 0.3 is 0 Å². The molecule has 1 aliphatic rings. The average molecular weight is 298 g/mol. The molecule has 3 nitrogen and oxygen atoms in total. The second kappa shape index (κ2) is 4.31. The Kier molecular flexibility index (Phi) is 2.83. The van der Waals surface area contributed by atoms with Crippen molar-refractivity contribution in [1.29, 1.82) is 0 Å². The zero-order chi connectivity index (χ0) is 11.0. The Balaban J connectivity index is 1.87. The van der Waals surface area contributed by atoms with Crippen molar-refractivity contribution in [2.45, 2.75) is 18.9 Å². The van der Waals surface area contributed by atoms with E-state index in [2.05, 4.69) is 49.6 Å². The molecule has 0 aliphatic carbocycles. The van der Waals surface area contributed by atoms with Gasteiger partial charge in [0.1, 0.15) is 5.69 Å². The van der Waals surface area contributed by atoms with Crippen LogP contribution in [-0.4, -0.2) is 16.7 Å². The molecular formula is C11H12BrN3S. The fourth-order valence-corrected chi connectivity index (χ4v) is 3.39. The highest BCUT2D eigenvalue weighted by molar-refractivity contribution is 9.11. The molecule has 1 atom stereocenters. The molecule has 2 aromatic rings. The minimum atomic E-state index is 0.463. The van der Waals surface area contributed by atoms with Gasteiger partial charge in [0.15, 0.2) is 0 Å². The van der Waals surface area contributed by atoms with E-state index < -0.39 is 0 Å². The van der Waals surface area contributed by atoms with Crippen molar-refractivity contribution in [2.75, 3.05) is 6.54 Å². The highest BCUT2D eigenvalue weighted by atomic mass is 79.9. The summed E-state index contributed by atoms with van der Waals surface area (Å²) in [5.41, 5.74) is 2.25. The van der Waals surface area contributed by atoms with Crippen LogP contribution in [-0.2, 0) is 0 Å². The van der Waals surface area contributed by atoms with Gasteiger partial charge in [-0.1, -0.05) is 0 Å². The molecule has 0 aromatic carbocycles. The predicted octanol–water partition coefficient (Wildman–Crippen LogP) is 3.33. The molecule has 0 radical (unpaired) electrons. The number of rotatable bonds is 2. The number of halogens is 1. The first kappa shape index (κ1) is 10.5. The van der Waals surface area contributed by atoms with Crippen molar-refractivity contribution >= 4 is 27.3 Å². The summed E-state index contributed by atoms with van der Waals surface area (Å²) in [4.78, 5) is 1.20. The number of nitrogens with one attached hydrogen (secondary N) is 2. The van der Waals surface area contributed by atoms with Crippen LogP contribution in [0.4, 0.5) is 0 Å². The summed E-state index contributed by atoms with van der Waals surface area (Å²) in [6.45, 7) is 1.11. The Labute approximate surface area is 106 Å². The van der Waals surface area contributed by atoms with Gasteiger partial charge in [-0.25, -0.2) is 0 Å². The summed E-state index contributed by atoms with van der Waals surface area (Å²) in [5.74, 6) is 0. The minimum absolute atomic E-state index is 0.463. The first-order valence-electron chi connectivity index (χ1n) is 5.37. The molecule has 0 saturated carbocycles. The summed E-state index contributed by atoms with van der Waals surface area (Å²) in [6, 6.07) is 6.77. The van der Waals surface area contributed by atoms with Gasteiger partial charge in [-0.2, -0.15) is 5.10 Å². The Hall–Kier alpha value is -0.650. The molecule has 1 saturated heterocycles. The lowest BCUT2D eigenvalue weighted by Crippen LogP contribution is -2.12. The number of hydrogen-bond donors (Lipinski definition) is 2. The molecule has 1 unspecified atom stereocenters. The first-order valence-corrected chi connectivity index (χ1v) is 6.98. The van der Waals surface area contributed by atoms with Crippen molar-refractivity contribution in [1.82, 2.24) is 15.5 Å². The Morgan fingerprint density at radius 2 is 2.38 bits per heavy atom. The monoisotopic (exact) mass is 297 g/mol. The number of aromatic nitrogens is 2. The van der Waals surface area contributed by atoms with Gasteiger partial charge in [0, 0.05) is 6.04 Å². The molecule has 0 spiro atoms. The maximum atomic E-state index is 4.37. The molecule has 0 amide bonds. The molecule has 1 aliphatic heterocycles. The van der Waals surface area contributed by atoms with Crippen molar-refractivity contribution in [2.24, 2.45) is 0 Å². The van der Waals surface area contributed by atoms with E-state index in [1.54, 1.807) is 11.3 Å². The van der Waals surface area contributed by atoms with E-state index >= 15 is 0 Å². The maximum absolute atomic E-state index is 4.37. The SMILES string of the molecule is Brc1ccc(-c2cc(C3CCCN3)[nH]n2)s1. The van der Waals surface area contributed by atoms with E-state index in [9.17, 15) is 0 Å². The van der Waals surface area contributed by atoms with Crippen LogP contribution in [0.25, 0.3) is 10.6 Å². The smallest absolute Gasteiger partial charge is 0.102 e. The first-order chi connectivity index (χ1) is 7.83. The topological polar surface area (TPSA) is 40.7 Å². The van der Waals surface area contributed by atoms with Gasteiger partial charge in [0.05, 0.1) is 14.4 Å². The molecule has 2 N–H and O–H groups in total. The Morgan fingerprint density at radius 1 is 1.44 bits per heavy atom. The van der Waals surface area contributed by atoms with E-state index in [0.717, 1.165) is 16.0 Å². The number of thiophene rings is 1. The number of aromatic amines is 1. The van der Waals surface area contributed by atoms with E-state index in [1.807, 2.05) is 0 Å². The summed E-state index contributed by atoms with van der Waals surface area (Å²) in [6.07, 6.45) is 2.46. The second-order valence-corrected chi connectivity index (χ2v) is 6.42. The summed E-state index contributed by atoms with van der Waals surface area (Å²) in [7, 11) is 0. The lowest BCUT2D eigenvalue weighted by Gasteiger charge is -2.05. The van der Waals surface area contributed by atoms with Crippen LogP contribution < -0.4 is 5.32 Å². The molecular weight excluding hydrogens is 286 g/mol. The van der Waals surface area contributed by atoms with E-state index in [4.69, 9.17) is 0 Å². The molecule has 3 heterocycles. The highest BCUT2D eigenvalue weighted by Crippen LogP contribution is 2.32. The van der Waals surface area contributed by atoms with Crippen LogP contribution in [0.5, 0.6) is 0 Å². The van der Waals surface area contributed by atoms with Crippen LogP contribution in [0.15, 0.2) is 22.0 Å². The van der Waals surface area contributed by atoms with Crippen molar-refractivity contribution in [3.05, 3.63) is 27.7 Å². The molecule has 0 bridgehead atoms. The van der Waals surface area contributed by atoms with Crippen molar-refractivity contribution < 1.29 is 0 Å². The lowest BCUT2D eigenvalue weighted by molar-refractivity contribution is 0.625. The van der Waals surface area contributed by atoms with Crippen LogP contribution in [0.2, 0.25) is 0 Å². The normalized spacial score (nSPS) is 20.4. The van der Waals surface area contributed by atoms with Gasteiger partial charge in [-0.05, 0) is 53.5 Å². The molecule has 84 valence electrons. The van der Waals surface area contributed by atoms with Gasteiger partial charge in [0.2, 0.25) is 0 Å². The average Bonchev–Trinajstić information content (AvgIpc) is 2.97. The third kappa shape index (κ3) is 1.95. The fraction of sp³-hybridized carbons (Fsp3) is 0.364. The molecule has 1 fully saturated rings. The standard InChI is InChI=1S/C11H12BrN3S/c12-11-4-3-10(16-11)9-6-8(14-15-9)7-2-1-5-13-7/h3-4,6-7,13H,1-2,5H2,(H,14,15). The van der Waals surface area contributed by atoms with Gasteiger partial charge in [-0.3, -0.25) is 5.10 Å². The number of H-pyrrole nitrogens is 1.